The van der Waals surface area contributed by atoms with Crippen molar-refractivity contribution in [2.45, 2.75) is 89.3 Å². The number of benzene rings is 1. The molecule has 3 aliphatic rings. The number of carbonyl (C=O) groups excluding carboxylic acids is 1. The minimum absolute atomic E-state index is 0.186. The van der Waals surface area contributed by atoms with Crippen molar-refractivity contribution in [3.63, 3.8) is 0 Å². The largest absolute Gasteiger partial charge is 0.396 e. The molecule has 3 fully saturated rings. The number of aliphatic hydroxyl groups is 1. The van der Waals surface area contributed by atoms with E-state index in [2.05, 4.69) is 25.2 Å². The van der Waals surface area contributed by atoms with Crippen LogP contribution in [0.5, 0.6) is 0 Å². The minimum Gasteiger partial charge on any atom is -0.396 e. The van der Waals surface area contributed by atoms with Gasteiger partial charge in [0.1, 0.15) is 12.7 Å². The van der Waals surface area contributed by atoms with Gasteiger partial charge in [0.2, 0.25) is 5.91 Å². The molecule has 1 saturated carbocycles. The Morgan fingerprint density at radius 1 is 1.05 bits per heavy atom. The van der Waals surface area contributed by atoms with Crippen LogP contribution in [0.15, 0.2) is 36.9 Å². The quantitative estimate of drug-likeness (QED) is 0.422. The average molecular weight is 571 g/mol. The predicted molar refractivity (Wildman–Crippen MR) is 158 cm³/mol. The van der Waals surface area contributed by atoms with Crippen LogP contribution in [-0.4, -0.2) is 87.0 Å². The van der Waals surface area contributed by atoms with Gasteiger partial charge in [-0.1, -0.05) is 43.0 Å². The number of carbonyl (C=O) groups is 1. The van der Waals surface area contributed by atoms with Crippen LogP contribution in [0.25, 0.3) is 0 Å². The van der Waals surface area contributed by atoms with E-state index < -0.39 is 0 Å². The second-order valence-corrected chi connectivity index (χ2v) is 12.8. The summed E-state index contributed by atoms with van der Waals surface area (Å²) < 4.78 is 2.02. The Hall–Kier alpha value is -2.00. The zero-order valence-electron chi connectivity index (χ0n) is 23.9. The Bertz CT molecular complexity index is 1030. The molecule has 2 saturated heterocycles. The lowest BCUT2D eigenvalue weighted by atomic mass is 9.63. The molecule has 1 aromatic heterocycles. The van der Waals surface area contributed by atoms with E-state index in [1.807, 2.05) is 35.3 Å². The smallest absolute Gasteiger partial charge is 0.240 e. The van der Waals surface area contributed by atoms with Gasteiger partial charge in [0.25, 0.3) is 0 Å². The van der Waals surface area contributed by atoms with Gasteiger partial charge in [-0.3, -0.25) is 9.48 Å². The summed E-state index contributed by atoms with van der Waals surface area (Å²) in [6.07, 6.45) is 15.7. The summed E-state index contributed by atoms with van der Waals surface area (Å²) >= 11 is 6.16. The summed E-state index contributed by atoms with van der Waals surface area (Å²) in [5.74, 6) is 0.928. The van der Waals surface area contributed by atoms with E-state index in [-0.39, 0.29) is 24.0 Å². The Kier molecular flexibility index (Phi) is 10.5. The molecule has 1 aliphatic carbocycles. The van der Waals surface area contributed by atoms with Crippen molar-refractivity contribution < 1.29 is 9.90 Å². The molecule has 2 N–H and O–H groups in total. The summed E-state index contributed by atoms with van der Waals surface area (Å²) in [5.41, 5.74) is 1.32. The van der Waals surface area contributed by atoms with Gasteiger partial charge in [0, 0.05) is 43.9 Å². The van der Waals surface area contributed by atoms with Crippen molar-refractivity contribution in [3.8, 4) is 0 Å². The number of likely N-dealkylation sites (tertiary alicyclic amines) is 2. The highest BCUT2D eigenvalue weighted by molar-refractivity contribution is 6.30. The van der Waals surface area contributed by atoms with E-state index in [4.69, 9.17) is 11.6 Å². The molecule has 8 nitrogen and oxygen atoms in total. The van der Waals surface area contributed by atoms with Gasteiger partial charge in [-0.2, -0.15) is 5.10 Å². The van der Waals surface area contributed by atoms with Crippen molar-refractivity contribution in [2.24, 2.45) is 11.3 Å². The molecule has 2 aromatic rings. The molecule has 1 atom stereocenters. The fourth-order valence-corrected chi connectivity index (χ4v) is 7.54. The van der Waals surface area contributed by atoms with Crippen molar-refractivity contribution >= 4 is 17.5 Å². The maximum atomic E-state index is 14.1. The number of nitrogens with one attached hydrogen (secondary N) is 1. The maximum absolute atomic E-state index is 14.1. The van der Waals surface area contributed by atoms with E-state index in [1.54, 1.807) is 6.33 Å². The highest BCUT2D eigenvalue weighted by Crippen LogP contribution is 2.47. The number of hydrogen-bond donors (Lipinski definition) is 2. The number of nitrogens with zero attached hydrogens (tertiary/aromatic N) is 5. The first-order valence-corrected chi connectivity index (χ1v) is 15.9. The Morgan fingerprint density at radius 3 is 2.42 bits per heavy atom. The summed E-state index contributed by atoms with van der Waals surface area (Å²) in [4.78, 5) is 22.9. The third kappa shape index (κ3) is 7.64. The number of piperidine rings is 2. The number of halogens is 1. The zero-order chi connectivity index (χ0) is 27.8. The van der Waals surface area contributed by atoms with Crippen molar-refractivity contribution in [1.29, 1.82) is 0 Å². The van der Waals surface area contributed by atoms with Crippen LogP contribution in [0.2, 0.25) is 5.02 Å². The molecule has 0 spiro atoms. The Labute approximate surface area is 244 Å². The van der Waals surface area contributed by atoms with Crippen LogP contribution in [0, 0.1) is 11.3 Å². The van der Waals surface area contributed by atoms with E-state index in [0.717, 1.165) is 82.0 Å². The van der Waals surface area contributed by atoms with E-state index >= 15 is 0 Å². The van der Waals surface area contributed by atoms with Crippen LogP contribution in [-0.2, 0) is 17.8 Å². The molecule has 0 bridgehead atoms. The van der Waals surface area contributed by atoms with Gasteiger partial charge in [-0.15, -0.1) is 0 Å². The molecular formula is C31H47ClN6O2. The van der Waals surface area contributed by atoms with Gasteiger partial charge in [0.15, 0.2) is 0 Å². The predicted octanol–water partition coefficient (Wildman–Crippen LogP) is 4.17. The third-order valence-corrected chi connectivity index (χ3v) is 10.0. The van der Waals surface area contributed by atoms with Crippen LogP contribution < -0.4 is 5.32 Å². The van der Waals surface area contributed by atoms with Crippen LogP contribution in [0.4, 0.5) is 0 Å². The lowest BCUT2D eigenvalue weighted by molar-refractivity contribution is -0.137. The molecule has 40 heavy (non-hydrogen) atoms. The highest BCUT2D eigenvalue weighted by atomic mass is 35.5. The Balaban J connectivity index is 1.25. The molecule has 2 aliphatic heterocycles. The Morgan fingerprint density at radius 2 is 1.77 bits per heavy atom. The molecule has 220 valence electrons. The summed E-state index contributed by atoms with van der Waals surface area (Å²) in [6, 6.07) is 8.01. The van der Waals surface area contributed by atoms with Gasteiger partial charge >= 0.3 is 0 Å². The molecule has 3 heterocycles. The third-order valence-electron chi connectivity index (χ3n) is 9.79. The summed E-state index contributed by atoms with van der Waals surface area (Å²) in [5, 5.41) is 18.2. The van der Waals surface area contributed by atoms with E-state index in [9.17, 15) is 9.90 Å². The van der Waals surface area contributed by atoms with E-state index in [1.165, 1.54) is 32.1 Å². The molecule has 1 amide bonds. The maximum Gasteiger partial charge on any atom is 0.240 e. The number of amides is 1. The number of aromatic nitrogens is 3. The molecule has 0 unspecified atom stereocenters. The lowest BCUT2D eigenvalue weighted by Gasteiger charge is -2.48. The fraction of sp³-hybridized carbons (Fsp3) is 0.710. The average Bonchev–Trinajstić information content (AvgIpc) is 3.51. The number of hydrogen-bond acceptors (Lipinski definition) is 6. The molecule has 1 aromatic carbocycles. The van der Waals surface area contributed by atoms with Gasteiger partial charge in [0.05, 0.1) is 6.04 Å². The van der Waals surface area contributed by atoms with Crippen LogP contribution >= 0.6 is 11.6 Å². The molecule has 9 heteroatoms. The fourth-order valence-electron chi connectivity index (χ4n) is 7.42. The van der Waals surface area contributed by atoms with Crippen molar-refractivity contribution in [2.75, 3.05) is 39.3 Å². The number of rotatable bonds is 11. The van der Waals surface area contributed by atoms with Crippen LogP contribution in [0.3, 0.4) is 0 Å². The normalized spacial score (nSPS) is 21.9. The zero-order valence-corrected chi connectivity index (χ0v) is 24.6. The lowest BCUT2D eigenvalue weighted by Crippen LogP contribution is -2.56. The van der Waals surface area contributed by atoms with E-state index in [0.29, 0.717) is 18.4 Å². The monoisotopic (exact) mass is 570 g/mol. The van der Waals surface area contributed by atoms with Crippen molar-refractivity contribution in [3.05, 3.63) is 47.5 Å². The first-order chi connectivity index (χ1) is 19.5. The highest BCUT2D eigenvalue weighted by Gasteiger charge is 2.43. The minimum atomic E-state index is -0.243. The van der Waals surface area contributed by atoms with Gasteiger partial charge < -0.3 is 20.2 Å². The van der Waals surface area contributed by atoms with Crippen molar-refractivity contribution in [1.82, 2.24) is 29.9 Å². The first kappa shape index (κ1) is 29.5. The second-order valence-electron chi connectivity index (χ2n) is 12.4. The standard InChI is InChI=1S/C31H47ClN6O2/c32-27-9-7-25(8-10-27)21-29(35-28-11-16-36(17-12-28)15-4-20-39)30(40)37-18-13-31(14-19-37,22-38-24-33-23-34-38)26-5-2-1-3-6-26/h7-10,23-24,26,28-29,35,39H,1-6,11-22H2/t29-/m1/s1. The number of aliphatic hydroxyl groups excluding tert-OH is 1. The van der Waals surface area contributed by atoms with Gasteiger partial charge in [-0.25, -0.2) is 4.98 Å². The first-order valence-electron chi connectivity index (χ1n) is 15.5. The SMILES string of the molecule is O=C([C@@H](Cc1ccc(Cl)cc1)NC1CCN(CCCO)CC1)N1CCC(Cn2cncn2)(C2CCCCC2)CC1. The summed E-state index contributed by atoms with van der Waals surface area (Å²) in [6.45, 7) is 5.73. The molecule has 5 rings (SSSR count). The molecular weight excluding hydrogens is 524 g/mol. The molecule has 0 radical (unpaired) electrons. The second kappa shape index (κ2) is 14.3. The van der Waals surface area contributed by atoms with Crippen LogP contribution in [0.1, 0.15) is 69.8 Å². The summed E-state index contributed by atoms with van der Waals surface area (Å²) in [7, 11) is 0. The van der Waals surface area contributed by atoms with Gasteiger partial charge in [-0.05, 0) is 93.5 Å². The topological polar surface area (TPSA) is 86.5 Å².